The van der Waals surface area contributed by atoms with Crippen LogP contribution in [-0.4, -0.2) is 25.5 Å². The van der Waals surface area contributed by atoms with Crippen molar-refractivity contribution in [2.75, 3.05) is 13.7 Å². The zero-order valence-electron chi connectivity index (χ0n) is 12.3. The number of hydrogen-bond acceptors (Lipinski definition) is 4. The fourth-order valence-electron chi connectivity index (χ4n) is 1.76. The molecule has 0 spiro atoms. The zero-order chi connectivity index (χ0) is 16.7. The van der Waals surface area contributed by atoms with E-state index < -0.39 is 5.91 Å². The topological polar surface area (TPSA) is 76.7 Å². The Balaban J connectivity index is 1.84. The van der Waals surface area contributed by atoms with Crippen LogP contribution in [-0.2, 0) is 4.79 Å². The van der Waals surface area contributed by atoms with Crippen molar-refractivity contribution in [2.24, 2.45) is 0 Å². The number of hydrazine groups is 1. The van der Waals surface area contributed by atoms with Crippen LogP contribution in [0.1, 0.15) is 10.4 Å². The lowest BCUT2D eigenvalue weighted by atomic mass is 10.2. The molecule has 2 aromatic rings. The molecule has 0 aliphatic rings. The molecule has 0 saturated carbocycles. The molecule has 0 bridgehead atoms. The second-order valence-corrected chi connectivity index (χ2v) is 5.58. The van der Waals surface area contributed by atoms with Crippen molar-refractivity contribution in [3.63, 3.8) is 0 Å². The minimum atomic E-state index is -0.477. The molecule has 0 heterocycles. The van der Waals surface area contributed by atoms with E-state index in [1.54, 1.807) is 36.4 Å². The predicted octanol–water partition coefficient (Wildman–Crippen LogP) is 2.14. The molecule has 120 valence electrons. The van der Waals surface area contributed by atoms with Crippen LogP contribution in [0.4, 0.5) is 0 Å². The van der Waals surface area contributed by atoms with Crippen molar-refractivity contribution in [1.82, 2.24) is 10.9 Å². The van der Waals surface area contributed by atoms with Crippen molar-refractivity contribution in [3.8, 4) is 11.5 Å². The minimum Gasteiger partial charge on any atom is -0.493 e. The normalized spacial score (nSPS) is 9.83. The maximum atomic E-state index is 12.0. The summed E-state index contributed by atoms with van der Waals surface area (Å²) < 4.78 is 11.3. The van der Waals surface area contributed by atoms with Gasteiger partial charge in [-0.2, -0.15) is 0 Å². The lowest BCUT2D eigenvalue weighted by molar-refractivity contribution is -0.123. The first-order chi connectivity index (χ1) is 11.1. The summed E-state index contributed by atoms with van der Waals surface area (Å²) in [6.45, 7) is -0.244. The number of rotatable bonds is 5. The quantitative estimate of drug-likeness (QED) is 0.568. The zero-order valence-corrected chi connectivity index (χ0v) is 14.5. The number of benzene rings is 2. The molecular formula is C16H15IN2O4. The lowest BCUT2D eigenvalue weighted by Crippen LogP contribution is -2.44. The van der Waals surface area contributed by atoms with Crippen LogP contribution < -0.4 is 20.3 Å². The van der Waals surface area contributed by atoms with Crippen molar-refractivity contribution >= 4 is 34.4 Å². The number of hydrogen-bond donors (Lipinski definition) is 2. The number of carbonyl (C=O) groups is 2. The number of para-hydroxylation sites is 2. The van der Waals surface area contributed by atoms with Gasteiger partial charge in [0.15, 0.2) is 18.1 Å². The van der Waals surface area contributed by atoms with Gasteiger partial charge < -0.3 is 9.47 Å². The summed E-state index contributed by atoms with van der Waals surface area (Å²) in [5, 5.41) is 0. The standard InChI is InChI=1S/C16H15IN2O4/c1-22-13-8-4-5-9-14(13)23-10-15(20)18-19-16(21)11-6-2-3-7-12(11)17/h2-9H,10H2,1H3,(H,18,20)(H,19,21). The summed E-state index contributed by atoms with van der Waals surface area (Å²) in [6, 6.07) is 14.1. The average molecular weight is 426 g/mol. The molecule has 0 saturated heterocycles. The molecule has 2 amide bonds. The first-order valence-electron chi connectivity index (χ1n) is 6.71. The van der Waals surface area contributed by atoms with Gasteiger partial charge in [0.25, 0.3) is 11.8 Å². The number of ether oxygens (including phenoxy) is 2. The van der Waals surface area contributed by atoms with E-state index >= 15 is 0 Å². The van der Waals surface area contributed by atoms with Gasteiger partial charge in [0, 0.05) is 3.57 Å². The van der Waals surface area contributed by atoms with E-state index in [0.29, 0.717) is 17.1 Å². The maximum Gasteiger partial charge on any atom is 0.276 e. The van der Waals surface area contributed by atoms with E-state index in [2.05, 4.69) is 33.4 Å². The summed E-state index contributed by atoms with van der Waals surface area (Å²) >= 11 is 2.05. The first-order valence-corrected chi connectivity index (χ1v) is 7.79. The molecule has 2 aromatic carbocycles. The first kappa shape index (κ1) is 17.1. The number of amides is 2. The van der Waals surface area contributed by atoms with Crippen LogP contribution >= 0.6 is 22.6 Å². The number of nitrogens with one attached hydrogen (secondary N) is 2. The van der Waals surface area contributed by atoms with Crippen LogP contribution in [0.25, 0.3) is 0 Å². The van der Waals surface area contributed by atoms with Crippen LogP contribution in [0, 0.1) is 3.57 Å². The molecule has 0 atom stereocenters. The minimum absolute atomic E-state index is 0.244. The second kappa shape index (κ2) is 8.37. The van der Waals surface area contributed by atoms with Gasteiger partial charge in [-0.25, -0.2) is 0 Å². The Labute approximate surface area is 147 Å². The third kappa shape index (κ3) is 4.85. The van der Waals surface area contributed by atoms with E-state index in [4.69, 9.17) is 9.47 Å². The smallest absolute Gasteiger partial charge is 0.276 e. The van der Waals surface area contributed by atoms with Crippen molar-refractivity contribution in [1.29, 1.82) is 0 Å². The molecule has 0 aliphatic carbocycles. The van der Waals surface area contributed by atoms with E-state index in [1.807, 2.05) is 12.1 Å². The van der Waals surface area contributed by atoms with Crippen LogP contribution in [0.5, 0.6) is 11.5 Å². The molecule has 0 aliphatic heterocycles. The SMILES string of the molecule is COc1ccccc1OCC(=O)NNC(=O)c1ccccc1I. The third-order valence-corrected chi connectivity index (χ3v) is 3.80. The van der Waals surface area contributed by atoms with Crippen molar-refractivity contribution in [3.05, 3.63) is 57.7 Å². The molecule has 0 aromatic heterocycles. The lowest BCUT2D eigenvalue weighted by Gasteiger charge is -2.11. The molecule has 2 N–H and O–H groups in total. The Morgan fingerprint density at radius 1 is 1.00 bits per heavy atom. The molecule has 0 fully saturated rings. The maximum absolute atomic E-state index is 12.0. The Hall–Kier alpha value is -2.29. The Bertz CT molecular complexity index is 706. The fraction of sp³-hybridized carbons (Fsp3) is 0.125. The molecule has 0 radical (unpaired) electrons. The van der Waals surface area contributed by atoms with Gasteiger partial charge in [0.1, 0.15) is 0 Å². The van der Waals surface area contributed by atoms with Gasteiger partial charge in [0.05, 0.1) is 12.7 Å². The summed E-state index contributed by atoms with van der Waals surface area (Å²) in [6.07, 6.45) is 0. The molecule has 2 rings (SSSR count). The van der Waals surface area contributed by atoms with Crippen molar-refractivity contribution < 1.29 is 19.1 Å². The van der Waals surface area contributed by atoms with Gasteiger partial charge >= 0.3 is 0 Å². The number of carbonyl (C=O) groups excluding carboxylic acids is 2. The van der Waals surface area contributed by atoms with Crippen LogP contribution in [0.2, 0.25) is 0 Å². The summed E-state index contributed by atoms with van der Waals surface area (Å²) in [7, 11) is 1.52. The second-order valence-electron chi connectivity index (χ2n) is 4.42. The number of methoxy groups -OCH3 is 1. The van der Waals surface area contributed by atoms with E-state index in [1.165, 1.54) is 7.11 Å². The fourth-order valence-corrected chi connectivity index (χ4v) is 2.39. The summed E-state index contributed by atoms with van der Waals surface area (Å²) in [5.41, 5.74) is 5.14. The number of halogens is 1. The molecule has 0 unspecified atom stereocenters. The largest absolute Gasteiger partial charge is 0.493 e. The van der Waals surface area contributed by atoms with Gasteiger partial charge in [-0.1, -0.05) is 24.3 Å². The van der Waals surface area contributed by atoms with E-state index in [-0.39, 0.29) is 12.5 Å². The Kier molecular flexibility index (Phi) is 6.21. The Morgan fingerprint density at radius 3 is 2.35 bits per heavy atom. The third-order valence-electron chi connectivity index (χ3n) is 2.86. The summed E-state index contributed by atoms with van der Waals surface area (Å²) in [4.78, 5) is 23.7. The molecular weight excluding hydrogens is 411 g/mol. The molecule has 7 heteroatoms. The predicted molar refractivity (Wildman–Crippen MR) is 93.3 cm³/mol. The monoisotopic (exact) mass is 426 g/mol. The average Bonchev–Trinajstić information content (AvgIpc) is 2.58. The highest BCUT2D eigenvalue weighted by atomic mass is 127. The highest BCUT2D eigenvalue weighted by Crippen LogP contribution is 2.25. The molecule has 23 heavy (non-hydrogen) atoms. The molecule has 6 nitrogen and oxygen atoms in total. The highest BCUT2D eigenvalue weighted by Gasteiger charge is 2.11. The van der Waals surface area contributed by atoms with Crippen LogP contribution in [0.3, 0.4) is 0 Å². The van der Waals surface area contributed by atoms with Gasteiger partial charge in [-0.05, 0) is 46.9 Å². The van der Waals surface area contributed by atoms with E-state index in [0.717, 1.165) is 3.57 Å². The van der Waals surface area contributed by atoms with Gasteiger partial charge in [0.2, 0.25) is 0 Å². The van der Waals surface area contributed by atoms with Crippen molar-refractivity contribution in [2.45, 2.75) is 0 Å². The van der Waals surface area contributed by atoms with E-state index in [9.17, 15) is 9.59 Å². The highest BCUT2D eigenvalue weighted by molar-refractivity contribution is 14.1. The summed E-state index contributed by atoms with van der Waals surface area (Å²) in [5.74, 6) is 0.119. The Morgan fingerprint density at radius 2 is 1.65 bits per heavy atom. The van der Waals surface area contributed by atoms with Gasteiger partial charge in [-0.15, -0.1) is 0 Å². The van der Waals surface area contributed by atoms with Gasteiger partial charge in [-0.3, -0.25) is 20.4 Å². The van der Waals surface area contributed by atoms with Crippen LogP contribution in [0.15, 0.2) is 48.5 Å².